The van der Waals surface area contributed by atoms with Crippen LogP contribution in [0.4, 0.5) is 0 Å². The van der Waals surface area contributed by atoms with Gasteiger partial charge >= 0.3 is 0 Å². The van der Waals surface area contributed by atoms with Gasteiger partial charge in [0.15, 0.2) is 0 Å². The van der Waals surface area contributed by atoms with E-state index in [0.717, 1.165) is 19.0 Å². The fourth-order valence-electron chi connectivity index (χ4n) is 1.97. The molecule has 0 aliphatic heterocycles. The molecule has 1 saturated carbocycles. The molecule has 0 atom stereocenters. The summed E-state index contributed by atoms with van der Waals surface area (Å²) < 4.78 is 0. The van der Waals surface area contributed by atoms with Crippen molar-refractivity contribution in [3.05, 3.63) is 12.2 Å². The summed E-state index contributed by atoms with van der Waals surface area (Å²) in [6, 6.07) is 0.554. The summed E-state index contributed by atoms with van der Waals surface area (Å²) in [4.78, 5) is 2.41. The Bertz CT molecular complexity index is 195. The maximum absolute atomic E-state index is 4.11. The first-order chi connectivity index (χ1) is 7.08. The Morgan fingerprint density at radius 2 is 2.13 bits per heavy atom. The zero-order valence-electron chi connectivity index (χ0n) is 10.6. The van der Waals surface area contributed by atoms with Gasteiger partial charge in [0.2, 0.25) is 0 Å². The molecule has 15 heavy (non-hydrogen) atoms. The Morgan fingerprint density at radius 1 is 1.47 bits per heavy atom. The minimum atomic E-state index is 0.554. The Hall–Kier alpha value is -0.340. The molecule has 1 aliphatic rings. The second-order valence-corrected chi connectivity index (χ2v) is 5.28. The van der Waals surface area contributed by atoms with Crippen LogP contribution in [0.2, 0.25) is 0 Å². The fraction of sp³-hybridized carbons (Fsp3) is 0.846. The Morgan fingerprint density at radius 3 is 2.60 bits per heavy atom. The van der Waals surface area contributed by atoms with E-state index >= 15 is 0 Å². The number of nitrogens with one attached hydrogen (secondary N) is 1. The number of hydrogen-bond acceptors (Lipinski definition) is 2. The molecule has 0 aromatic carbocycles. The minimum absolute atomic E-state index is 0.554. The van der Waals surface area contributed by atoms with Crippen LogP contribution in [0.1, 0.15) is 33.1 Å². The summed E-state index contributed by atoms with van der Waals surface area (Å²) in [7, 11) is 2.21. The summed E-state index contributed by atoms with van der Waals surface area (Å²) in [5.74, 6) is 0.959. The predicted molar refractivity (Wildman–Crippen MR) is 67.1 cm³/mol. The van der Waals surface area contributed by atoms with E-state index < -0.39 is 0 Å². The lowest BCUT2D eigenvalue weighted by atomic mass is 9.85. The van der Waals surface area contributed by atoms with Crippen LogP contribution in [0.25, 0.3) is 0 Å². The van der Waals surface area contributed by atoms with Crippen LogP contribution in [-0.2, 0) is 0 Å². The third-order valence-electron chi connectivity index (χ3n) is 3.05. The van der Waals surface area contributed by atoms with Gasteiger partial charge in [0.1, 0.15) is 0 Å². The summed E-state index contributed by atoms with van der Waals surface area (Å²) in [5, 5.41) is 3.41. The summed E-state index contributed by atoms with van der Waals surface area (Å²) in [6.07, 6.45) is 4.30. The molecule has 0 aromatic heterocycles. The van der Waals surface area contributed by atoms with E-state index in [9.17, 15) is 0 Å². The average molecular weight is 210 g/mol. The highest BCUT2D eigenvalue weighted by Gasteiger charge is 2.18. The first-order valence-corrected chi connectivity index (χ1v) is 6.16. The lowest BCUT2D eigenvalue weighted by molar-refractivity contribution is 0.214. The van der Waals surface area contributed by atoms with Crippen LogP contribution in [0.15, 0.2) is 12.2 Å². The Labute approximate surface area is 94.7 Å². The zero-order chi connectivity index (χ0) is 11.3. The van der Waals surface area contributed by atoms with Crippen molar-refractivity contribution in [2.45, 2.75) is 39.2 Å². The first-order valence-electron chi connectivity index (χ1n) is 6.16. The lowest BCUT2D eigenvalue weighted by Crippen LogP contribution is -2.33. The SMILES string of the molecule is C=C(CNC(C)C)CN(C)CC1CCC1. The van der Waals surface area contributed by atoms with Crippen molar-refractivity contribution < 1.29 is 0 Å². The Balaban J connectivity index is 2.07. The van der Waals surface area contributed by atoms with Crippen LogP contribution < -0.4 is 5.32 Å². The molecular weight excluding hydrogens is 184 g/mol. The molecule has 0 bridgehead atoms. The van der Waals surface area contributed by atoms with E-state index in [1.54, 1.807) is 0 Å². The smallest absolute Gasteiger partial charge is 0.0199 e. The van der Waals surface area contributed by atoms with E-state index in [1.807, 2.05) is 0 Å². The van der Waals surface area contributed by atoms with E-state index in [1.165, 1.54) is 31.4 Å². The van der Waals surface area contributed by atoms with Crippen LogP contribution in [0, 0.1) is 5.92 Å². The third-order valence-corrected chi connectivity index (χ3v) is 3.05. The molecule has 88 valence electrons. The Kier molecular flexibility index (Phi) is 5.34. The van der Waals surface area contributed by atoms with Gasteiger partial charge in [-0.15, -0.1) is 0 Å². The molecule has 0 saturated heterocycles. The minimum Gasteiger partial charge on any atom is -0.311 e. The van der Waals surface area contributed by atoms with Gasteiger partial charge in [-0.05, 0) is 31.4 Å². The van der Waals surface area contributed by atoms with Crippen molar-refractivity contribution in [1.82, 2.24) is 10.2 Å². The second-order valence-electron chi connectivity index (χ2n) is 5.28. The van der Waals surface area contributed by atoms with Crippen molar-refractivity contribution in [3.63, 3.8) is 0 Å². The van der Waals surface area contributed by atoms with Gasteiger partial charge in [-0.1, -0.05) is 26.8 Å². The largest absolute Gasteiger partial charge is 0.311 e. The van der Waals surface area contributed by atoms with Gasteiger partial charge in [0.25, 0.3) is 0 Å². The number of hydrogen-bond donors (Lipinski definition) is 1. The number of nitrogens with zero attached hydrogens (tertiary/aromatic N) is 1. The molecule has 1 N–H and O–H groups in total. The van der Waals surface area contributed by atoms with Crippen LogP contribution >= 0.6 is 0 Å². The summed E-state index contributed by atoms with van der Waals surface area (Å²) >= 11 is 0. The molecular formula is C13H26N2. The van der Waals surface area contributed by atoms with E-state index in [-0.39, 0.29) is 0 Å². The molecule has 2 nitrogen and oxygen atoms in total. The predicted octanol–water partition coefficient (Wildman–Crippen LogP) is 2.27. The molecule has 1 aliphatic carbocycles. The van der Waals surface area contributed by atoms with Crippen molar-refractivity contribution in [3.8, 4) is 0 Å². The van der Waals surface area contributed by atoms with Gasteiger partial charge in [-0.2, -0.15) is 0 Å². The van der Waals surface area contributed by atoms with Crippen LogP contribution in [0.5, 0.6) is 0 Å². The molecule has 2 heteroatoms. The topological polar surface area (TPSA) is 15.3 Å². The van der Waals surface area contributed by atoms with Gasteiger partial charge in [-0.25, -0.2) is 0 Å². The average Bonchev–Trinajstić information content (AvgIpc) is 2.08. The van der Waals surface area contributed by atoms with Gasteiger partial charge < -0.3 is 10.2 Å². The highest BCUT2D eigenvalue weighted by atomic mass is 15.1. The molecule has 1 rings (SSSR count). The zero-order valence-corrected chi connectivity index (χ0v) is 10.6. The normalized spacial score (nSPS) is 17.1. The van der Waals surface area contributed by atoms with Crippen LogP contribution in [-0.4, -0.2) is 37.6 Å². The molecule has 0 spiro atoms. The molecule has 0 unspecified atom stereocenters. The monoisotopic (exact) mass is 210 g/mol. The molecule has 1 fully saturated rings. The standard InChI is InChI=1S/C13H26N2/c1-11(2)14-8-12(3)9-15(4)10-13-6-5-7-13/h11,13-14H,3,5-10H2,1-2,4H3. The molecule has 0 amide bonds. The number of likely N-dealkylation sites (N-methyl/N-ethyl adjacent to an activating group) is 1. The molecule has 0 aromatic rings. The van der Waals surface area contributed by atoms with Gasteiger partial charge in [-0.3, -0.25) is 0 Å². The third kappa shape index (κ3) is 5.33. The second kappa shape index (κ2) is 6.29. The molecule has 0 radical (unpaired) electrons. The van der Waals surface area contributed by atoms with Crippen molar-refractivity contribution in [2.75, 3.05) is 26.7 Å². The van der Waals surface area contributed by atoms with Crippen molar-refractivity contribution >= 4 is 0 Å². The first kappa shape index (κ1) is 12.7. The van der Waals surface area contributed by atoms with E-state index in [4.69, 9.17) is 0 Å². The summed E-state index contributed by atoms with van der Waals surface area (Å²) in [6.45, 7) is 11.7. The van der Waals surface area contributed by atoms with Crippen LogP contribution in [0.3, 0.4) is 0 Å². The van der Waals surface area contributed by atoms with E-state index in [2.05, 4.69) is 37.7 Å². The quantitative estimate of drug-likeness (QED) is 0.649. The lowest BCUT2D eigenvalue weighted by Gasteiger charge is -2.30. The van der Waals surface area contributed by atoms with E-state index in [0.29, 0.717) is 6.04 Å². The maximum Gasteiger partial charge on any atom is 0.0199 e. The molecule has 0 heterocycles. The van der Waals surface area contributed by atoms with Crippen molar-refractivity contribution in [2.24, 2.45) is 5.92 Å². The van der Waals surface area contributed by atoms with Crippen molar-refractivity contribution in [1.29, 1.82) is 0 Å². The highest BCUT2D eigenvalue weighted by Crippen LogP contribution is 2.26. The van der Waals surface area contributed by atoms with Gasteiger partial charge in [0, 0.05) is 25.7 Å². The number of rotatable bonds is 7. The van der Waals surface area contributed by atoms with Gasteiger partial charge in [0.05, 0.1) is 0 Å². The summed E-state index contributed by atoms with van der Waals surface area (Å²) in [5.41, 5.74) is 1.30. The highest BCUT2D eigenvalue weighted by molar-refractivity contribution is 5.00. The fourth-order valence-corrected chi connectivity index (χ4v) is 1.97. The maximum atomic E-state index is 4.11.